The number of benzene rings is 2. The summed E-state index contributed by atoms with van der Waals surface area (Å²) in [4.78, 5) is 11.4. The predicted octanol–water partition coefficient (Wildman–Crippen LogP) is 5.23. The maximum Gasteiger partial charge on any atom is 0.416 e. The highest BCUT2D eigenvalue weighted by molar-refractivity contribution is 5.90. The Bertz CT molecular complexity index is 1040. The Balaban J connectivity index is 1.31. The average molecular weight is 444 g/mol. The van der Waals surface area contributed by atoms with Gasteiger partial charge >= 0.3 is 6.18 Å². The maximum absolute atomic E-state index is 12.7. The highest BCUT2D eigenvalue weighted by Crippen LogP contribution is 2.29. The van der Waals surface area contributed by atoms with Crippen molar-refractivity contribution in [2.75, 3.05) is 24.3 Å². The van der Waals surface area contributed by atoms with Gasteiger partial charge in [-0.2, -0.15) is 18.2 Å². The zero-order chi connectivity index (χ0) is 22.7. The first-order valence-electron chi connectivity index (χ1n) is 10.9. The fraction of sp³-hybridized carbons (Fsp3) is 0.417. The number of hydrogen-bond acceptors (Lipinski definition) is 5. The Kier molecular flexibility index (Phi) is 6.50. The van der Waals surface area contributed by atoms with Crippen LogP contribution in [-0.4, -0.2) is 36.1 Å². The summed E-state index contributed by atoms with van der Waals surface area (Å²) in [6.45, 7) is 0.570. The molecule has 5 nitrogen and oxygen atoms in total. The first-order chi connectivity index (χ1) is 15.3. The number of rotatable bonds is 6. The van der Waals surface area contributed by atoms with Gasteiger partial charge in [0.2, 0.25) is 5.95 Å². The smallest absolute Gasteiger partial charge is 0.362 e. The van der Waals surface area contributed by atoms with E-state index in [0.717, 1.165) is 60.1 Å². The van der Waals surface area contributed by atoms with Gasteiger partial charge in [-0.1, -0.05) is 24.3 Å². The zero-order valence-electron chi connectivity index (χ0n) is 18.3. The van der Waals surface area contributed by atoms with E-state index >= 15 is 0 Å². The maximum atomic E-state index is 12.7. The molecule has 2 aromatic carbocycles. The highest BCUT2D eigenvalue weighted by atomic mass is 19.4. The third-order valence-corrected chi connectivity index (χ3v) is 5.94. The van der Waals surface area contributed by atoms with Gasteiger partial charge in [0, 0.05) is 38.1 Å². The molecule has 0 spiro atoms. The number of hydrogen-bond donors (Lipinski definition) is 2. The van der Waals surface area contributed by atoms with Crippen LogP contribution in [-0.2, 0) is 12.7 Å². The van der Waals surface area contributed by atoms with Crippen molar-refractivity contribution >= 4 is 22.7 Å². The molecule has 1 aromatic heterocycles. The number of aromatic nitrogens is 2. The van der Waals surface area contributed by atoms with Crippen LogP contribution < -0.4 is 15.5 Å². The lowest BCUT2D eigenvalue weighted by atomic mass is 9.91. The Morgan fingerprint density at radius 1 is 0.906 bits per heavy atom. The van der Waals surface area contributed by atoms with Gasteiger partial charge in [-0.05, 0) is 55.5 Å². The summed E-state index contributed by atoms with van der Waals surface area (Å²) < 4.78 is 38.1. The fourth-order valence-electron chi connectivity index (χ4n) is 4.16. The lowest BCUT2D eigenvalue weighted by Gasteiger charge is -2.30. The molecule has 0 radical (unpaired) electrons. The summed E-state index contributed by atoms with van der Waals surface area (Å²) in [5, 5.41) is 8.01. The van der Waals surface area contributed by atoms with Crippen LogP contribution in [0.3, 0.4) is 0 Å². The van der Waals surface area contributed by atoms with E-state index in [1.165, 1.54) is 0 Å². The topological polar surface area (TPSA) is 53.1 Å². The van der Waals surface area contributed by atoms with Crippen LogP contribution in [0.15, 0.2) is 48.5 Å². The molecule has 3 aromatic rings. The van der Waals surface area contributed by atoms with E-state index in [4.69, 9.17) is 4.98 Å². The second kappa shape index (κ2) is 9.32. The molecule has 32 heavy (non-hydrogen) atoms. The Morgan fingerprint density at radius 2 is 1.56 bits per heavy atom. The SMILES string of the molecule is CN(C)c1nc(N[C@H]2CC[C@@H](NCc3ccc(C(F)(F)F)cc3)CC2)nc2ccccc12. The number of nitrogens with one attached hydrogen (secondary N) is 2. The lowest BCUT2D eigenvalue weighted by molar-refractivity contribution is -0.137. The third-order valence-electron chi connectivity index (χ3n) is 5.94. The standard InChI is InChI=1S/C24H28F3N5/c1-32(2)22-20-5-3-4-6-21(20)30-23(31-22)29-19-13-11-18(12-14-19)28-15-16-7-9-17(10-8-16)24(25,26)27/h3-10,18-19,28H,11-15H2,1-2H3,(H,29,30,31)/t18-,19+. The lowest BCUT2D eigenvalue weighted by Crippen LogP contribution is -2.37. The number of para-hydroxylation sites is 1. The number of fused-ring (bicyclic) bond motifs is 1. The van der Waals surface area contributed by atoms with E-state index < -0.39 is 11.7 Å². The third kappa shape index (κ3) is 5.30. The summed E-state index contributed by atoms with van der Waals surface area (Å²) in [5.74, 6) is 1.54. The van der Waals surface area contributed by atoms with Crippen LogP contribution in [0.25, 0.3) is 10.9 Å². The van der Waals surface area contributed by atoms with Crippen LogP contribution in [0.5, 0.6) is 0 Å². The van der Waals surface area contributed by atoms with Crippen molar-refractivity contribution in [2.24, 2.45) is 0 Å². The molecule has 2 N–H and O–H groups in total. The van der Waals surface area contributed by atoms with E-state index in [0.29, 0.717) is 24.6 Å². The van der Waals surface area contributed by atoms with Gasteiger partial charge in [-0.15, -0.1) is 0 Å². The molecule has 0 bridgehead atoms. The first-order valence-corrected chi connectivity index (χ1v) is 10.9. The molecule has 1 aliphatic rings. The Morgan fingerprint density at radius 3 is 2.22 bits per heavy atom. The van der Waals surface area contributed by atoms with Gasteiger partial charge in [0.15, 0.2) is 0 Å². The molecular weight excluding hydrogens is 415 g/mol. The minimum Gasteiger partial charge on any atom is -0.362 e. The molecule has 0 aliphatic heterocycles. The molecule has 1 fully saturated rings. The van der Waals surface area contributed by atoms with Crippen molar-refractivity contribution in [2.45, 2.75) is 50.5 Å². The van der Waals surface area contributed by atoms with Crippen molar-refractivity contribution in [3.63, 3.8) is 0 Å². The van der Waals surface area contributed by atoms with Crippen LogP contribution in [0.4, 0.5) is 24.9 Å². The van der Waals surface area contributed by atoms with E-state index in [1.807, 2.05) is 43.3 Å². The van der Waals surface area contributed by atoms with Crippen molar-refractivity contribution in [1.29, 1.82) is 0 Å². The highest BCUT2D eigenvalue weighted by Gasteiger charge is 2.30. The molecule has 0 saturated heterocycles. The van der Waals surface area contributed by atoms with Gasteiger partial charge < -0.3 is 15.5 Å². The number of alkyl halides is 3. The predicted molar refractivity (Wildman–Crippen MR) is 122 cm³/mol. The average Bonchev–Trinajstić information content (AvgIpc) is 2.77. The van der Waals surface area contributed by atoms with E-state index in [2.05, 4.69) is 15.6 Å². The number of halogens is 3. The van der Waals surface area contributed by atoms with Gasteiger partial charge in [-0.25, -0.2) is 4.98 Å². The monoisotopic (exact) mass is 443 g/mol. The van der Waals surface area contributed by atoms with Crippen LogP contribution in [0, 0.1) is 0 Å². The molecule has 0 amide bonds. The minimum absolute atomic E-state index is 0.301. The molecule has 170 valence electrons. The zero-order valence-corrected chi connectivity index (χ0v) is 18.3. The van der Waals surface area contributed by atoms with Crippen LogP contribution >= 0.6 is 0 Å². The molecule has 0 atom stereocenters. The number of anilines is 2. The molecule has 1 saturated carbocycles. The molecular formula is C24H28F3N5. The second-order valence-corrected chi connectivity index (χ2v) is 8.55. The van der Waals surface area contributed by atoms with Gasteiger partial charge in [0.05, 0.1) is 11.1 Å². The second-order valence-electron chi connectivity index (χ2n) is 8.55. The summed E-state index contributed by atoms with van der Waals surface area (Å²) >= 11 is 0. The normalized spacial score (nSPS) is 19.2. The van der Waals surface area contributed by atoms with Crippen molar-refractivity contribution in [3.05, 3.63) is 59.7 Å². The Labute approximate surface area is 186 Å². The largest absolute Gasteiger partial charge is 0.416 e. The summed E-state index contributed by atoms with van der Waals surface area (Å²) in [5.41, 5.74) is 1.17. The van der Waals surface area contributed by atoms with Crippen molar-refractivity contribution in [1.82, 2.24) is 15.3 Å². The fourth-order valence-corrected chi connectivity index (χ4v) is 4.16. The molecule has 4 rings (SSSR count). The van der Waals surface area contributed by atoms with Crippen LogP contribution in [0.1, 0.15) is 36.8 Å². The summed E-state index contributed by atoms with van der Waals surface area (Å²) in [6.07, 6.45) is -0.339. The van der Waals surface area contributed by atoms with Crippen molar-refractivity contribution < 1.29 is 13.2 Å². The van der Waals surface area contributed by atoms with Crippen LogP contribution in [0.2, 0.25) is 0 Å². The molecule has 8 heteroatoms. The first kappa shape index (κ1) is 22.3. The van der Waals surface area contributed by atoms with Gasteiger partial charge in [0.1, 0.15) is 5.82 Å². The van der Waals surface area contributed by atoms with E-state index in [1.54, 1.807) is 12.1 Å². The summed E-state index contributed by atoms with van der Waals surface area (Å²) in [7, 11) is 3.96. The summed E-state index contributed by atoms with van der Waals surface area (Å²) in [6, 6.07) is 14.0. The van der Waals surface area contributed by atoms with Gasteiger partial charge in [-0.3, -0.25) is 0 Å². The van der Waals surface area contributed by atoms with E-state index in [-0.39, 0.29) is 0 Å². The van der Waals surface area contributed by atoms with Crippen molar-refractivity contribution in [3.8, 4) is 0 Å². The Hall–Kier alpha value is -2.87. The minimum atomic E-state index is -4.29. The molecule has 0 unspecified atom stereocenters. The molecule has 1 aliphatic carbocycles. The number of nitrogens with zero attached hydrogens (tertiary/aromatic N) is 3. The van der Waals surface area contributed by atoms with Gasteiger partial charge in [0.25, 0.3) is 0 Å². The van der Waals surface area contributed by atoms with E-state index in [9.17, 15) is 13.2 Å². The quantitative estimate of drug-likeness (QED) is 0.547. The molecule has 1 heterocycles.